The summed E-state index contributed by atoms with van der Waals surface area (Å²) < 4.78 is 0. The maximum atomic E-state index is 12.9. The van der Waals surface area contributed by atoms with Crippen LogP contribution in [-0.2, 0) is 6.42 Å². The molecule has 0 aromatic heterocycles. The second kappa shape index (κ2) is 5.12. The lowest BCUT2D eigenvalue weighted by Gasteiger charge is -2.24. The molecule has 118 valence electrons. The molecule has 0 spiro atoms. The van der Waals surface area contributed by atoms with Gasteiger partial charge in [-0.05, 0) is 19.4 Å². The predicted molar refractivity (Wildman–Crippen MR) is 83.5 cm³/mol. The third kappa shape index (κ3) is 1.93. The summed E-state index contributed by atoms with van der Waals surface area (Å²) in [6.45, 7) is 3.38. The Bertz CT molecular complexity index is 864. The first-order valence-electron chi connectivity index (χ1n) is 7.38. The van der Waals surface area contributed by atoms with Crippen LogP contribution < -0.4 is 0 Å². The van der Waals surface area contributed by atoms with Gasteiger partial charge < -0.3 is 15.3 Å². The van der Waals surface area contributed by atoms with E-state index in [1.807, 2.05) is 6.92 Å². The van der Waals surface area contributed by atoms with Crippen molar-refractivity contribution in [1.82, 2.24) is 0 Å². The molecule has 0 bridgehead atoms. The minimum absolute atomic E-state index is 0.00792. The molecule has 0 radical (unpaired) electrons. The number of carbonyl (C=O) groups is 2. The van der Waals surface area contributed by atoms with Crippen LogP contribution in [0.15, 0.2) is 18.2 Å². The Kier molecular flexibility index (Phi) is 3.36. The Labute approximate surface area is 132 Å². The molecule has 2 aromatic carbocycles. The standard InChI is InChI=1S/C18H16O5/c1-3-5-9-13-14(16(21)8(2)15(9)20)17(22)10-6-4-7-11(19)12(10)18(13)23/h4,6-7,19-21H,3,5H2,1-2H3. The number of ketones is 2. The normalized spacial score (nSPS) is 13.0. The van der Waals surface area contributed by atoms with Gasteiger partial charge in [0, 0.05) is 22.3 Å². The topological polar surface area (TPSA) is 94.8 Å². The van der Waals surface area contributed by atoms with Gasteiger partial charge in [-0.15, -0.1) is 0 Å². The zero-order valence-electron chi connectivity index (χ0n) is 12.8. The highest BCUT2D eigenvalue weighted by Crippen LogP contribution is 2.44. The molecule has 0 fully saturated rings. The first kappa shape index (κ1) is 15.1. The van der Waals surface area contributed by atoms with E-state index in [1.54, 1.807) is 0 Å². The van der Waals surface area contributed by atoms with Crippen LogP contribution in [0.3, 0.4) is 0 Å². The van der Waals surface area contributed by atoms with E-state index >= 15 is 0 Å². The van der Waals surface area contributed by atoms with E-state index in [-0.39, 0.29) is 45.1 Å². The second-order valence-corrected chi connectivity index (χ2v) is 5.66. The number of fused-ring (bicyclic) bond motifs is 2. The molecule has 2 aromatic rings. The third-order valence-electron chi connectivity index (χ3n) is 4.25. The summed E-state index contributed by atoms with van der Waals surface area (Å²) in [5.74, 6) is -1.92. The van der Waals surface area contributed by atoms with Crippen molar-refractivity contribution in [3.8, 4) is 17.2 Å². The van der Waals surface area contributed by atoms with Crippen LogP contribution in [0.25, 0.3) is 0 Å². The third-order valence-corrected chi connectivity index (χ3v) is 4.25. The molecule has 5 heteroatoms. The molecule has 1 aliphatic rings. The smallest absolute Gasteiger partial charge is 0.198 e. The number of hydrogen-bond donors (Lipinski definition) is 3. The average molecular weight is 312 g/mol. The van der Waals surface area contributed by atoms with Crippen molar-refractivity contribution in [3.05, 3.63) is 51.6 Å². The lowest BCUT2D eigenvalue weighted by molar-refractivity contribution is 0.0973. The molecule has 1 aliphatic carbocycles. The molecule has 0 saturated heterocycles. The average Bonchev–Trinajstić information content (AvgIpc) is 2.53. The van der Waals surface area contributed by atoms with Crippen molar-refractivity contribution in [2.75, 3.05) is 0 Å². The van der Waals surface area contributed by atoms with Crippen molar-refractivity contribution in [1.29, 1.82) is 0 Å². The number of aromatic hydroxyl groups is 3. The van der Waals surface area contributed by atoms with Crippen LogP contribution in [0.4, 0.5) is 0 Å². The lowest BCUT2D eigenvalue weighted by atomic mass is 9.78. The van der Waals surface area contributed by atoms with Crippen LogP contribution in [0.5, 0.6) is 17.2 Å². The minimum Gasteiger partial charge on any atom is -0.507 e. The maximum absolute atomic E-state index is 12.9. The van der Waals surface area contributed by atoms with Gasteiger partial charge in [-0.1, -0.05) is 25.5 Å². The molecule has 0 atom stereocenters. The first-order valence-corrected chi connectivity index (χ1v) is 7.38. The van der Waals surface area contributed by atoms with E-state index in [2.05, 4.69) is 0 Å². The van der Waals surface area contributed by atoms with E-state index in [9.17, 15) is 24.9 Å². The highest BCUT2D eigenvalue weighted by Gasteiger charge is 2.37. The fraction of sp³-hybridized carbons (Fsp3) is 0.222. The molecule has 0 amide bonds. The van der Waals surface area contributed by atoms with Gasteiger partial charge in [0.15, 0.2) is 11.6 Å². The van der Waals surface area contributed by atoms with Crippen LogP contribution in [-0.4, -0.2) is 26.9 Å². The van der Waals surface area contributed by atoms with Gasteiger partial charge in [-0.25, -0.2) is 0 Å². The number of benzene rings is 2. The lowest BCUT2D eigenvalue weighted by Crippen LogP contribution is -2.23. The molecule has 23 heavy (non-hydrogen) atoms. The van der Waals surface area contributed by atoms with Gasteiger partial charge in [-0.2, -0.15) is 0 Å². The molecular weight excluding hydrogens is 296 g/mol. The van der Waals surface area contributed by atoms with Crippen LogP contribution in [0, 0.1) is 6.92 Å². The summed E-state index contributed by atoms with van der Waals surface area (Å²) in [5, 5.41) is 30.6. The Morgan fingerprint density at radius 3 is 2.26 bits per heavy atom. The number of hydrogen-bond acceptors (Lipinski definition) is 5. The van der Waals surface area contributed by atoms with Crippen molar-refractivity contribution < 1.29 is 24.9 Å². The Hall–Kier alpha value is -2.82. The predicted octanol–water partition coefficient (Wildman–Crippen LogP) is 2.84. The molecule has 0 aliphatic heterocycles. The number of phenols is 3. The van der Waals surface area contributed by atoms with Crippen molar-refractivity contribution >= 4 is 11.6 Å². The fourth-order valence-electron chi connectivity index (χ4n) is 3.11. The van der Waals surface area contributed by atoms with Gasteiger partial charge >= 0.3 is 0 Å². The highest BCUT2D eigenvalue weighted by molar-refractivity contribution is 6.31. The van der Waals surface area contributed by atoms with Crippen LogP contribution in [0.1, 0.15) is 56.3 Å². The number of rotatable bonds is 2. The van der Waals surface area contributed by atoms with E-state index in [0.29, 0.717) is 18.4 Å². The number of carbonyl (C=O) groups excluding carboxylic acids is 2. The van der Waals surface area contributed by atoms with Crippen LogP contribution in [0.2, 0.25) is 0 Å². The van der Waals surface area contributed by atoms with Gasteiger partial charge in [-0.3, -0.25) is 9.59 Å². The van der Waals surface area contributed by atoms with Gasteiger partial charge in [0.25, 0.3) is 0 Å². The van der Waals surface area contributed by atoms with Crippen molar-refractivity contribution in [2.45, 2.75) is 26.7 Å². The summed E-state index contributed by atoms with van der Waals surface area (Å²) >= 11 is 0. The van der Waals surface area contributed by atoms with Gasteiger partial charge in [0.1, 0.15) is 17.2 Å². The Morgan fingerprint density at radius 1 is 0.913 bits per heavy atom. The summed E-state index contributed by atoms with van der Waals surface area (Å²) in [4.78, 5) is 25.6. The maximum Gasteiger partial charge on any atom is 0.198 e. The summed E-state index contributed by atoms with van der Waals surface area (Å²) in [6.07, 6.45) is 1.04. The van der Waals surface area contributed by atoms with Gasteiger partial charge in [0.05, 0.1) is 11.1 Å². The molecule has 3 N–H and O–H groups in total. The molecule has 0 heterocycles. The molecule has 0 unspecified atom stereocenters. The summed E-state index contributed by atoms with van der Waals surface area (Å²) in [5.41, 5.74) is 0.399. The zero-order valence-corrected chi connectivity index (χ0v) is 12.8. The molecule has 3 rings (SSSR count). The summed E-state index contributed by atoms with van der Waals surface area (Å²) in [6, 6.07) is 4.25. The highest BCUT2D eigenvalue weighted by atomic mass is 16.3. The largest absolute Gasteiger partial charge is 0.507 e. The van der Waals surface area contributed by atoms with Gasteiger partial charge in [0.2, 0.25) is 0 Å². The van der Waals surface area contributed by atoms with E-state index in [4.69, 9.17) is 0 Å². The monoisotopic (exact) mass is 312 g/mol. The quantitative estimate of drug-likeness (QED) is 0.676. The minimum atomic E-state index is -0.554. The van der Waals surface area contributed by atoms with E-state index < -0.39 is 11.6 Å². The van der Waals surface area contributed by atoms with Crippen LogP contribution >= 0.6 is 0 Å². The van der Waals surface area contributed by atoms with Crippen molar-refractivity contribution in [2.24, 2.45) is 0 Å². The zero-order chi connectivity index (χ0) is 16.9. The van der Waals surface area contributed by atoms with Crippen molar-refractivity contribution in [3.63, 3.8) is 0 Å². The second-order valence-electron chi connectivity index (χ2n) is 5.66. The number of phenolic OH excluding ortho intramolecular Hbond substituents is 3. The van der Waals surface area contributed by atoms with E-state index in [0.717, 1.165) is 0 Å². The molecule has 5 nitrogen and oxygen atoms in total. The first-order chi connectivity index (χ1) is 10.9. The fourth-order valence-corrected chi connectivity index (χ4v) is 3.11. The molecule has 0 saturated carbocycles. The SMILES string of the molecule is CCCc1c(O)c(C)c(O)c2c1C(=O)c1c(O)cccc1C2=O. The summed E-state index contributed by atoms with van der Waals surface area (Å²) in [7, 11) is 0. The Balaban J connectivity index is 2.44. The molecular formula is C18H16O5. The Morgan fingerprint density at radius 2 is 1.61 bits per heavy atom. The van der Waals surface area contributed by atoms with E-state index in [1.165, 1.54) is 25.1 Å².